The van der Waals surface area contributed by atoms with Crippen LogP contribution >= 0.6 is 0 Å². The van der Waals surface area contributed by atoms with Gasteiger partial charge in [0.25, 0.3) is 0 Å². The van der Waals surface area contributed by atoms with Gasteiger partial charge in [-0.3, -0.25) is 4.79 Å². The average molecular weight is 242 g/mol. The summed E-state index contributed by atoms with van der Waals surface area (Å²) in [6.07, 6.45) is 7.32. The van der Waals surface area contributed by atoms with E-state index in [1.54, 1.807) is 0 Å². The van der Waals surface area contributed by atoms with E-state index < -0.39 is 0 Å². The summed E-state index contributed by atoms with van der Waals surface area (Å²) < 4.78 is 10.8. The van der Waals surface area contributed by atoms with Crippen LogP contribution in [0.1, 0.15) is 58.8 Å². The molecule has 100 valence electrons. The van der Waals surface area contributed by atoms with Gasteiger partial charge in [0.15, 0.2) is 0 Å². The van der Waals surface area contributed by atoms with Crippen molar-refractivity contribution in [1.82, 2.24) is 0 Å². The van der Waals surface area contributed by atoms with Gasteiger partial charge >= 0.3 is 5.97 Å². The Hall–Kier alpha value is -0.570. The number of hydrogen-bond acceptors (Lipinski definition) is 3. The maximum absolute atomic E-state index is 11.7. The van der Waals surface area contributed by atoms with E-state index in [-0.39, 0.29) is 12.1 Å². The summed E-state index contributed by atoms with van der Waals surface area (Å²) in [5, 5.41) is 0. The van der Waals surface area contributed by atoms with Crippen molar-refractivity contribution in [2.45, 2.75) is 64.9 Å². The lowest BCUT2D eigenvalue weighted by atomic mass is 9.85. The van der Waals surface area contributed by atoms with Crippen LogP contribution in [0.3, 0.4) is 0 Å². The maximum atomic E-state index is 11.7. The Morgan fingerprint density at radius 2 is 2.00 bits per heavy atom. The van der Waals surface area contributed by atoms with Crippen LogP contribution in [0, 0.1) is 5.92 Å². The first-order valence-corrected chi connectivity index (χ1v) is 7.05. The molecule has 0 heterocycles. The van der Waals surface area contributed by atoms with E-state index in [2.05, 4.69) is 6.92 Å². The van der Waals surface area contributed by atoms with Crippen molar-refractivity contribution >= 4 is 5.97 Å². The van der Waals surface area contributed by atoms with Crippen LogP contribution in [0.2, 0.25) is 0 Å². The predicted octanol–water partition coefficient (Wildman–Crippen LogP) is 3.32. The Kier molecular flexibility index (Phi) is 7.25. The number of hydrogen-bond donors (Lipinski definition) is 0. The minimum Gasteiger partial charge on any atom is -0.462 e. The van der Waals surface area contributed by atoms with Gasteiger partial charge in [0, 0.05) is 19.6 Å². The first-order chi connectivity index (χ1) is 8.27. The first-order valence-electron chi connectivity index (χ1n) is 7.05. The molecule has 1 rings (SSSR count). The highest BCUT2D eigenvalue weighted by Crippen LogP contribution is 2.29. The van der Waals surface area contributed by atoms with Crippen LogP contribution in [0.25, 0.3) is 0 Å². The Labute approximate surface area is 105 Å². The topological polar surface area (TPSA) is 35.5 Å². The molecule has 0 unspecified atom stereocenters. The molecule has 17 heavy (non-hydrogen) atoms. The van der Waals surface area contributed by atoms with Crippen molar-refractivity contribution in [3.05, 3.63) is 0 Å². The Morgan fingerprint density at radius 1 is 1.24 bits per heavy atom. The monoisotopic (exact) mass is 242 g/mol. The highest BCUT2D eigenvalue weighted by molar-refractivity contribution is 5.69. The smallest absolute Gasteiger partial charge is 0.306 e. The number of carbonyl (C=O) groups is 1. The molecule has 0 spiro atoms. The second kappa shape index (κ2) is 8.51. The molecular weight excluding hydrogens is 216 g/mol. The minimum absolute atomic E-state index is 0.0462. The fourth-order valence-electron chi connectivity index (χ4n) is 2.49. The first kappa shape index (κ1) is 14.5. The molecule has 0 aromatic heterocycles. The van der Waals surface area contributed by atoms with Crippen molar-refractivity contribution in [3.63, 3.8) is 0 Å². The molecule has 1 aliphatic rings. The largest absolute Gasteiger partial charge is 0.462 e. The zero-order chi connectivity index (χ0) is 12.5. The molecule has 0 bridgehead atoms. The maximum Gasteiger partial charge on any atom is 0.306 e. The molecule has 0 amide bonds. The van der Waals surface area contributed by atoms with Crippen LogP contribution in [0.15, 0.2) is 0 Å². The van der Waals surface area contributed by atoms with Gasteiger partial charge in [-0.1, -0.05) is 13.3 Å². The summed E-state index contributed by atoms with van der Waals surface area (Å²) in [6.45, 7) is 5.53. The van der Waals surface area contributed by atoms with Gasteiger partial charge < -0.3 is 9.47 Å². The molecule has 3 heteroatoms. The van der Waals surface area contributed by atoms with Gasteiger partial charge in [-0.25, -0.2) is 0 Å². The number of rotatable bonds is 7. The van der Waals surface area contributed by atoms with Crippen LogP contribution in [0.4, 0.5) is 0 Å². The Bertz CT molecular complexity index is 216. The summed E-state index contributed by atoms with van der Waals surface area (Å²) in [4.78, 5) is 11.7. The lowest BCUT2D eigenvalue weighted by molar-refractivity contribution is -0.154. The molecule has 0 aromatic carbocycles. The number of carbonyl (C=O) groups excluding carboxylic acids is 1. The summed E-state index contributed by atoms with van der Waals surface area (Å²) in [5.41, 5.74) is 0. The van der Waals surface area contributed by atoms with Gasteiger partial charge in [-0.05, 0) is 44.9 Å². The summed E-state index contributed by atoms with van der Waals surface area (Å²) in [6, 6.07) is 0. The van der Waals surface area contributed by atoms with E-state index in [0.717, 1.165) is 25.9 Å². The summed E-state index contributed by atoms with van der Waals surface area (Å²) in [5.74, 6) is 0.537. The zero-order valence-electron chi connectivity index (χ0n) is 11.2. The number of ether oxygens (including phenoxy) is 2. The van der Waals surface area contributed by atoms with Gasteiger partial charge in [0.2, 0.25) is 0 Å². The normalized spacial score (nSPS) is 24.6. The van der Waals surface area contributed by atoms with Crippen molar-refractivity contribution < 1.29 is 14.3 Å². The standard InChI is InChI=1S/C14H26O3/c1-3-12-8-5-6-9-13(12)17-14(15)10-7-11-16-4-2/h12-13H,3-11H2,1-2H3/t12-,13+/m1/s1. The molecule has 0 radical (unpaired) electrons. The third kappa shape index (κ3) is 5.53. The molecule has 0 N–H and O–H groups in total. The van der Waals surface area contributed by atoms with Gasteiger partial charge in [-0.2, -0.15) is 0 Å². The molecule has 1 fully saturated rings. The second-order valence-corrected chi connectivity index (χ2v) is 4.78. The lowest BCUT2D eigenvalue weighted by Crippen LogP contribution is -2.29. The lowest BCUT2D eigenvalue weighted by Gasteiger charge is -2.30. The third-order valence-corrected chi connectivity index (χ3v) is 3.52. The number of esters is 1. The molecule has 2 atom stereocenters. The molecule has 0 saturated heterocycles. The van der Waals surface area contributed by atoms with E-state index in [1.807, 2.05) is 6.92 Å². The van der Waals surface area contributed by atoms with Crippen LogP contribution < -0.4 is 0 Å². The molecular formula is C14H26O3. The minimum atomic E-state index is -0.0462. The van der Waals surface area contributed by atoms with Crippen molar-refractivity contribution in [1.29, 1.82) is 0 Å². The Morgan fingerprint density at radius 3 is 2.71 bits per heavy atom. The van der Waals surface area contributed by atoms with E-state index in [1.165, 1.54) is 19.3 Å². The van der Waals surface area contributed by atoms with Gasteiger partial charge in [0.05, 0.1) is 0 Å². The van der Waals surface area contributed by atoms with E-state index in [0.29, 0.717) is 18.9 Å². The Balaban J connectivity index is 2.19. The molecule has 0 aromatic rings. The van der Waals surface area contributed by atoms with Crippen LogP contribution in [-0.2, 0) is 14.3 Å². The SMILES string of the molecule is CCOCCCC(=O)O[C@H]1CCCC[C@H]1CC. The quantitative estimate of drug-likeness (QED) is 0.507. The summed E-state index contributed by atoms with van der Waals surface area (Å²) in [7, 11) is 0. The van der Waals surface area contributed by atoms with E-state index in [4.69, 9.17) is 9.47 Å². The highest BCUT2D eigenvalue weighted by Gasteiger charge is 2.26. The van der Waals surface area contributed by atoms with Crippen LogP contribution in [-0.4, -0.2) is 25.3 Å². The molecule has 0 aliphatic heterocycles. The van der Waals surface area contributed by atoms with Crippen LogP contribution in [0.5, 0.6) is 0 Å². The van der Waals surface area contributed by atoms with Crippen molar-refractivity contribution in [3.8, 4) is 0 Å². The molecule has 1 aliphatic carbocycles. The highest BCUT2D eigenvalue weighted by atomic mass is 16.5. The van der Waals surface area contributed by atoms with Gasteiger partial charge in [0.1, 0.15) is 6.10 Å². The third-order valence-electron chi connectivity index (χ3n) is 3.52. The van der Waals surface area contributed by atoms with E-state index >= 15 is 0 Å². The fourth-order valence-corrected chi connectivity index (χ4v) is 2.49. The average Bonchev–Trinajstić information content (AvgIpc) is 2.35. The predicted molar refractivity (Wildman–Crippen MR) is 67.9 cm³/mol. The van der Waals surface area contributed by atoms with Crippen molar-refractivity contribution in [2.24, 2.45) is 5.92 Å². The zero-order valence-corrected chi connectivity index (χ0v) is 11.2. The van der Waals surface area contributed by atoms with Gasteiger partial charge in [-0.15, -0.1) is 0 Å². The summed E-state index contributed by atoms with van der Waals surface area (Å²) >= 11 is 0. The second-order valence-electron chi connectivity index (χ2n) is 4.78. The van der Waals surface area contributed by atoms with Crippen molar-refractivity contribution in [2.75, 3.05) is 13.2 Å². The fraction of sp³-hybridized carbons (Fsp3) is 0.929. The molecule has 3 nitrogen and oxygen atoms in total. The van der Waals surface area contributed by atoms with E-state index in [9.17, 15) is 4.79 Å². The molecule has 1 saturated carbocycles.